The first-order chi connectivity index (χ1) is 9.04. The summed E-state index contributed by atoms with van der Waals surface area (Å²) < 4.78 is 19.8. The standard InChI is InChI=1S/C13H7ClFIN2O/c14-9-3-6(15)4-11-12(9)19-13(18-11)8-5-7(16)1-2-10(8)17/h1-5H,17H2. The maximum atomic E-state index is 13.3. The Balaban J connectivity index is 2.26. The van der Waals surface area contributed by atoms with Gasteiger partial charge >= 0.3 is 0 Å². The highest BCUT2D eigenvalue weighted by molar-refractivity contribution is 14.1. The molecule has 0 aliphatic rings. The van der Waals surface area contributed by atoms with Crippen LogP contribution in [0.5, 0.6) is 0 Å². The molecule has 6 heteroatoms. The van der Waals surface area contributed by atoms with Gasteiger partial charge in [0.2, 0.25) is 5.89 Å². The molecule has 1 heterocycles. The highest BCUT2D eigenvalue weighted by Crippen LogP contribution is 2.33. The number of anilines is 1. The largest absolute Gasteiger partial charge is 0.434 e. The van der Waals surface area contributed by atoms with Gasteiger partial charge in [0, 0.05) is 15.3 Å². The number of hydrogen-bond acceptors (Lipinski definition) is 3. The third-order valence-electron chi connectivity index (χ3n) is 2.66. The van der Waals surface area contributed by atoms with Crippen LogP contribution in [-0.2, 0) is 0 Å². The van der Waals surface area contributed by atoms with Crippen LogP contribution in [0.4, 0.5) is 10.1 Å². The Morgan fingerprint density at radius 2 is 2.05 bits per heavy atom. The fourth-order valence-electron chi connectivity index (χ4n) is 1.79. The van der Waals surface area contributed by atoms with Crippen LogP contribution in [0.2, 0.25) is 5.02 Å². The molecule has 2 aromatic carbocycles. The molecule has 96 valence electrons. The molecule has 1 aromatic heterocycles. The number of rotatable bonds is 1. The summed E-state index contributed by atoms with van der Waals surface area (Å²) in [6, 6.07) is 7.98. The van der Waals surface area contributed by atoms with Crippen LogP contribution in [0.3, 0.4) is 0 Å². The zero-order valence-electron chi connectivity index (χ0n) is 9.45. The van der Waals surface area contributed by atoms with E-state index < -0.39 is 5.82 Å². The van der Waals surface area contributed by atoms with Gasteiger partial charge < -0.3 is 10.2 Å². The molecule has 0 radical (unpaired) electrons. The van der Waals surface area contributed by atoms with E-state index in [9.17, 15) is 4.39 Å². The SMILES string of the molecule is Nc1ccc(I)cc1-c1nc2cc(F)cc(Cl)c2o1. The maximum absolute atomic E-state index is 13.3. The van der Waals surface area contributed by atoms with Crippen molar-refractivity contribution in [2.45, 2.75) is 0 Å². The van der Waals surface area contributed by atoms with Crippen molar-refractivity contribution in [2.24, 2.45) is 0 Å². The molecule has 0 saturated heterocycles. The van der Waals surface area contributed by atoms with Crippen molar-refractivity contribution < 1.29 is 8.81 Å². The quantitative estimate of drug-likeness (QED) is 0.494. The molecule has 0 atom stereocenters. The average Bonchev–Trinajstić information content (AvgIpc) is 2.76. The number of nitrogens with two attached hydrogens (primary N) is 1. The fraction of sp³-hybridized carbons (Fsp3) is 0. The molecule has 0 unspecified atom stereocenters. The lowest BCUT2D eigenvalue weighted by Crippen LogP contribution is -1.90. The predicted molar refractivity (Wildman–Crippen MR) is 81.5 cm³/mol. The molecule has 2 N–H and O–H groups in total. The number of aromatic nitrogens is 1. The fourth-order valence-corrected chi connectivity index (χ4v) is 2.52. The minimum atomic E-state index is -0.451. The van der Waals surface area contributed by atoms with Crippen molar-refractivity contribution >= 4 is 51.0 Å². The van der Waals surface area contributed by atoms with Crippen molar-refractivity contribution in [3.05, 3.63) is 44.7 Å². The van der Waals surface area contributed by atoms with Crippen LogP contribution in [0.25, 0.3) is 22.6 Å². The summed E-state index contributed by atoms with van der Waals surface area (Å²) in [5, 5.41) is 0.193. The van der Waals surface area contributed by atoms with Crippen LogP contribution < -0.4 is 5.73 Å². The Morgan fingerprint density at radius 1 is 1.26 bits per heavy atom. The number of nitrogens with zero attached hydrogens (tertiary/aromatic N) is 1. The van der Waals surface area contributed by atoms with Gasteiger partial charge in [0.15, 0.2) is 5.58 Å². The number of benzene rings is 2. The Labute approximate surface area is 126 Å². The molecular formula is C13H7ClFIN2O. The summed E-state index contributed by atoms with van der Waals surface area (Å²) in [6.45, 7) is 0. The molecule has 0 amide bonds. The molecule has 0 aliphatic carbocycles. The first-order valence-corrected chi connectivity index (χ1v) is 6.81. The zero-order valence-corrected chi connectivity index (χ0v) is 12.4. The van der Waals surface area contributed by atoms with E-state index in [1.807, 2.05) is 12.1 Å². The van der Waals surface area contributed by atoms with Crippen molar-refractivity contribution in [1.82, 2.24) is 4.98 Å². The minimum Gasteiger partial charge on any atom is -0.434 e. The molecule has 0 fully saturated rings. The first kappa shape index (κ1) is 12.7. The monoisotopic (exact) mass is 388 g/mol. The number of halogens is 3. The maximum Gasteiger partial charge on any atom is 0.229 e. The minimum absolute atomic E-state index is 0.193. The highest BCUT2D eigenvalue weighted by Gasteiger charge is 2.14. The highest BCUT2D eigenvalue weighted by atomic mass is 127. The Bertz CT molecular complexity index is 788. The van der Waals surface area contributed by atoms with Gasteiger partial charge in [0.25, 0.3) is 0 Å². The molecule has 3 aromatic rings. The molecule has 3 nitrogen and oxygen atoms in total. The van der Waals surface area contributed by atoms with Crippen LogP contribution in [0.15, 0.2) is 34.7 Å². The Kier molecular flexibility index (Phi) is 3.10. The van der Waals surface area contributed by atoms with Gasteiger partial charge in [-0.15, -0.1) is 0 Å². The second-order valence-electron chi connectivity index (χ2n) is 3.99. The van der Waals surface area contributed by atoms with E-state index in [4.69, 9.17) is 21.8 Å². The van der Waals surface area contributed by atoms with Crippen LogP contribution in [0.1, 0.15) is 0 Å². The van der Waals surface area contributed by atoms with Crippen molar-refractivity contribution in [3.8, 4) is 11.5 Å². The number of hydrogen-bond donors (Lipinski definition) is 1. The normalized spacial score (nSPS) is 11.1. The molecular weight excluding hydrogens is 382 g/mol. The average molecular weight is 389 g/mol. The molecule has 0 aliphatic heterocycles. The number of nitrogen functional groups attached to an aromatic ring is 1. The predicted octanol–water partition coefficient (Wildman–Crippen LogP) is 4.47. The van der Waals surface area contributed by atoms with E-state index in [1.54, 1.807) is 6.07 Å². The lowest BCUT2D eigenvalue weighted by atomic mass is 10.2. The molecule has 0 saturated carbocycles. The van der Waals surface area contributed by atoms with Gasteiger partial charge in [-0.2, -0.15) is 0 Å². The van der Waals surface area contributed by atoms with E-state index >= 15 is 0 Å². The van der Waals surface area contributed by atoms with E-state index in [0.717, 1.165) is 3.57 Å². The third kappa shape index (κ3) is 2.28. The van der Waals surface area contributed by atoms with E-state index in [-0.39, 0.29) is 5.02 Å². The lowest BCUT2D eigenvalue weighted by Gasteiger charge is -2.01. The van der Waals surface area contributed by atoms with E-state index in [2.05, 4.69) is 27.6 Å². The summed E-state index contributed by atoms with van der Waals surface area (Å²) in [4.78, 5) is 4.23. The van der Waals surface area contributed by atoms with E-state index in [0.29, 0.717) is 28.2 Å². The summed E-state index contributed by atoms with van der Waals surface area (Å²) >= 11 is 8.10. The van der Waals surface area contributed by atoms with Gasteiger partial charge in [0.05, 0.1) is 10.6 Å². The molecule has 19 heavy (non-hydrogen) atoms. The zero-order chi connectivity index (χ0) is 13.6. The summed E-state index contributed by atoms with van der Waals surface area (Å²) in [6.07, 6.45) is 0. The summed E-state index contributed by atoms with van der Waals surface area (Å²) in [5.41, 5.74) is 7.84. The Hall–Kier alpha value is -1.34. The summed E-state index contributed by atoms with van der Waals surface area (Å²) in [7, 11) is 0. The molecule has 0 spiro atoms. The Morgan fingerprint density at radius 3 is 2.84 bits per heavy atom. The topological polar surface area (TPSA) is 52.0 Å². The molecule has 3 rings (SSSR count). The second kappa shape index (κ2) is 4.64. The van der Waals surface area contributed by atoms with Gasteiger partial charge in [-0.1, -0.05) is 11.6 Å². The molecule has 0 bridgehead atoms. The number of fused-ring (bicyclic) bond motifs is 1. The second-order valence-corrected chi connectivity index (χ2v) is 5.64. The van der Waals surface area contributed by atoms with Crippen molar-refractivity contribution in [1.29, 1.82) is 0 Å². The van der Waals surface area contributed by atoms with Crippen LogP contribution in [0, 0.1) is 9.39 Å². The van der Waals surface area contributed by atoms with Crippen LogP contribution in [-0.4, -0.2) is 4.98 Å². The third-order valence-corrected chi connectivity index (χ3v) is 3.61. The van der Waals surface area contributed by atoms with Crippen molar-refractivity contribution in [2.75, 3.05) is 5.73 Å². The first-order valence-electron chi connectivity index (χ1n) is 5.35. The smallest absolute Gasteiger partial charge is 0.229 e. The van der Waals surface area contributed by atoms with Gasteiger partial charge in [-0.3, -0.25) is 0 Å². The van der Waals surface area contributed by atoms with Gasteiger partial charge in [-0.05, 0) is 46.9 Å². The van der Waals surface area contributed by atoms with Crippen molar-refractivity contribution in [3.63, 3.8) is 0 Å². The van der Waals surface area contributed by atoms with Crippen LogP contribution >= 0.6 is 34.2 Å². The van der Waals surface area contributed by atoms with Gasteiger partial charge in [-0.25, -0.2) is 9.37 Å². The lowest BCUT2D eigenvalue weighted by molar-refractivity contribution is 0.614. The van der Waals surface area contributed by atoms with E-state index in [1.165, 1.54) is 12.1 Å². The number of oxazole rings is 1. The van der Waals surface area contributed by atoms with Gasteiger partial charge in [0.1, 0.15) is 11.3 Å². The summed E-state index contributed by atoms with van der Waals surface area (Å²) in [5.74, 6) is -0.119.